The van der Waals surface area contributed by atoms with Crippen molar-refractivity contribution in [2.75, 3.05) is 11.9 Å². The molecule has 0 spiro atoms. The lowest BCUT2D eigenvalue weighted by Gasteiger charge is -2.16. The quantitative estimate of drug-likeness (QED) is 0.831. The normalized spacial score (nSPS) is 10.9. The van der Waals surface area contributed by atoms with Crippen molar-refractivity contribution in [3.05, 3.63) is 42.0 Å². The fourth-order valence-electron chi connectivity index (χ4n) is 1.46. The number of hydrogen-bond acceptors (Lipinski definition) is 2. The highest BCUT2D eigenvalue weighted by molar-refractivity contribution is 6.03. The molecule has 0 aliphatic rings. The number of carbonyl (C=O) groups is 2. The van der Waals surface area contributed by atoms with Gasteiger partial charge in [0.2, 0.25) is 0 Å². The molecule has 18 heavy (non-hydrogen) atoms. The van der Waals surface area contributed by atoms with Gasteiger partial charge >= 0.3 is 5.97 Å². The number of hydrogen-bond donors (Lipinski definition) is 1. The van der Waals surface area contributed by atoms with Crippen LogP contribution in [0.4, 0.5) is 5.69 Å². The summed E-state index contributed by atoms with van der Waals surface area (Å²) in [6.07, 6.45) is 1.88. The second-order valence-electron chi connectivity index (χ2n) is 4.32. The van der Waals surface area contributed by atoms with Crippen molar-refractivity contribution in [1.29, 1.82) is 0 Å². The second-order valence-corrected chi connectivity index (χ2v) is 4.32. The van der Waals surface area contributed by atoms with Crippen LogP contribution in [0.3, 0.4) is 0 Å². The number of rotatable bonds is 4. The van der Waals surface area contributed by atoms with Crippen molar-refractivity contribution in [2.45, 2.75) is 19.8 Å². The zero-order valence-corrected chi connectivity index (χ0v) is 10.8. The van der Waals surface area contributed by atoms with E-state index in [1.807, 2.05) is 24.3 Å². The highest BCUT2D eigenvalue weighted by Crippen LogP contribution is 2.19. The van der Waals surface area contributed by atoms with Crippen molar-refractivity contribution in [3.63, 3.8) is 0 Å². The van der Waals surface area contributed by atoms with Gasteiger partial charge in [-0.15, -0.1) is 0 Å². The number of amides is 1. The van der Waals surface area contributed by atoms with Gasteiger partial charge in [-0.25, -0.2) is 4.79 Å². The van der Waals surface area contributed by atoms with Crippen molar-refractivity contribution < 1.29 is 14.7 Å². The Bertz CT molecular complexity index is 460. The van der Waals surface area contributed by atoms with Gasteiger partial charge in [0.1, 0.15) is 0 Å². The molecular formula is C14H17NO3. The van der Waals surface area contributed by atoms with E-state index in [4.69, 9.17) is 5.11 Å². The molecule has 0 radical (unpaired) electrons. The van der Waals surface area contributed by atoms with Gasteiger partial charge in [0.25, 0.3) is 5.91 Å². The largest absolute Gasteiger partial charge is 0.478 e. The lowest BCUT2D eigenvalue weighted by atomic mass is 10.0. The van der Waals surface area contributed by atoms with Gasteiger partial charge in [-0.1, -0.05) is 26.0 Å². The number of benzene rings is 1. The van der Waals surface area contributed by atoms with Gasteiger partial charge in [0, 0.05) is 24.9 Å². The first-order valence-corrected chi connectivity index (χ1v) is 5.70. The zero-order chi connectivity index (χ0) is 13.7. The molecular weight excluding hydrogens is 230 g/mol. The fraction of sp³-hybridized carbons (Fsp3) is 0.286. The van der Waals surface area contributed by atoms with Gasteiger partial charge in [-0.2, -0.15) is 0 Å². The van der Waals surface area contributed by atoms with Gasteiger partial charge < -0.3 is 10.0 Å². The molecule has 1 aromatic rings. The summed E-state index contributed by atoms with van der Waals surface area (Å²) in [6, 6.07) is 7.62. The van der Waals surface area contributed by atoms with Gasteiger partial charge in [0.15, 0.2) is 0 Å². The molecule has 0 saturated heterocycles. The Morgan fingerprint density at radius 2 is 1.72 bits per heavy atom. The molecule has 0 saturated carbocycles. The minimum absolute atomic E-state index is 0.366. The van der Waals surface area contributed by atoms with E-state index in [9.17, 15) is 9.59 Å². The number of carboxylic acids is 1. The van der Waals surface area contributed by atoms with E-state index < -0.39 is 5.97 Å². The molecule has 0 unspecified atom stereocenters. The smallest absolute Gasteiger partial charge is 0.328 e. The fourth-order valence-corrected chi connectivity index (χ4v) is 1.46. The third-order valence-corrected chi connectivity index (χ3v) is 2.65. The van der Waals surface area contributed by atoms with Crippen LogP contribution in [0.25, 0.3) is 0 Å². The molecule has 1 aromatic carbocycles. The zero-order valence-electron chi connectivity index (χ0n) is 10.8. The number of likely N-dealkylation sites (N-methyl/N-ethyl adjacent to an activating group) is 1. The Hall–Kier alpha value is -2.10. The minimum atomic E-state index is -1.13. The molecule has 0 atom stereocenters. The van der Waals surface area contributed by atoms with Crippen LogP contribution in [0.2, 0.25) is 0 Å². The van der Waals surface area contributed by atoms with E-state index in [-0.39, 0.29) is 5.91 Å². The van der Waals surface area contributed by atoms with E-state index in [1.165, 1.54) is 10.5 Å². The summed E-state index contributed by atoms with van der Waals surface area (Å²) in [7, 11) is 1.61. The number of carbonyl (C=O) groups excluding carboxylic acids is 1. The topological polar surface area (TPSA) is 57.6 Å². The van der Waals surface area contributed by atoms with E-state index in [1.54, 1.807) is 7.05 Å². The lowest BCUT2D eigenvalue weighted by molar-refractivity contribution is -0.131. The maximum atomic E-state index is 11.6. The number of aliphatic carboxylic acids is 1. The highest BCUT2D eigenvalue weighted by atomic mass is 16.4. The van der Waals surface area contributed by atoms with Crippen LogP contribution in [0, 0.1) is 0 Å². The molecule has 4 heteroatoms. The van der Waals surface area contributed by atoms with Crippen LogP contribution in [0.5, 0.6) is 0 Å². The Morgan fingerprint density at radius 3 is 2.17 bits per heavy atom. The molecule has 0 aromatic heterocycles. The van der Waals surface area contributed by atoms with E-state index in [0.717, 1.165) is 17.8 Å². The average Bonchev–Trinajstić information content (AvgIpc) is 2.35. The minimum Gasteiger partial charge on any atom is -0.478 e. The Labute approximate surface area is 107 Å². The first-order valence-electron chi connectivity index (χ1n) is 5.70. The Balaban J connectivity index is 2.81. The van der Waals surface area contributed by atoms with Crippen molar-refractivity contribution in [2.24, 2.45) is 0 Å². The van der Waals surface area contributed by atoms with Crippen LogP contribution in [-0.4, -0.2) is 24.0 Å². The van der Waals surface area contributed by atoms with Crippen LogP contribution in [0.1, 0.15) is 25.3 Å². The number of carboxylic acid groups (broad SMARTS) is 1. The van der Waals surface area contributed by atoms with E-state index >= 15 is 0 Å². The van der Waals surface area contributed by atoms with Crippen molar-refractivity contribution >= 4 is 17.6 Å². The van der Waals surface area contributed by atoms with Crippen LogP contribution < -0.4 is 4.90 Å². The summed E-state index contributed by atoms with van der Waals surface area (Å²) in [5.41, 5.74) is 1.93. The third-order valence-electron chi connectivity index (χ3n) is 2.65. The summed E-state index contributed by atoms with van der Waals surface area (Å²) in [4.78, 5) is 23.4. The third kappa shape index (κ3) is 3.73. The first-order chi connectivity index (χ1) is 8.41. The molecule has 0 fully saturated rings. The molecule has 0 aliphatic heterocycles. The van der Waals surface area contributed by atoms with Crippen molar-refractivity contribution in [1.82, 2.24) is 0 Å². The SMILES string of the molecule is CC(C)c1ccc(N(C)C(=O)/C=C/C(=O)O)cc1. The molecule has 1 rings (SSSR count). The Morgan fingerprint density at radius 1 is 1.17 bits per heavy atom. The second kappa shape index (κ2) is 6.00. The van der Waals surface area contributed by atoms with Gasteiger partial charge in [-0.05, 0) is 23.6 Å². The predicted molar refractivity (Wildman–Crippen MR) is 70.7 cm³/mol. The summed E-state index contributed by atoms with van der Waals surface area (Å²) in [6.45, 7) is 4.19. The molecule has 0 bridgehead atoms. The molecule has 1 amide bonds. The van der Waals surface area contributed by atoms with Crippen molar-refractivity contribution in [3.8, 4) is 0 Å². The van der Waals surface area contributed by atoms with E-state index in [2.05, 4.69) is 13.8 Å². The number of nitrogens with zero attached hydrogens (tertiary/aromatic N) is 1. The summed E-state index contributed by atoms with van der Waals surface area (Å²) in [5.74, 6) is -1.06. The molecule has 0 aliphatic carbocycles. The monoisotopic (exact) mass is 247 g/mol. The number of anilines is 1. The van der Waals surface area contributed by atoms with Crippen LogP contribution in [-0.2, 0) is 9.59 Å². The average molecular weight is 247 g/mol. The Kier molecular flexibility index (Phi) is 4.66. The summed E-state index contributed by atoms with van der Waals surface area (Å²) < 4.78 is 0. The standard InChI is InChI=1S/C14H17NO3/c1-10(2)11-4-6-12(7-5-11)15(3)13(16)8-9-14(17)18/h4-10H,1-3H3,(H,17,18)/b9-8+. The predicted octanol–water partition coefficient (Wildman–Crippen LogP) is 2.41. The molecule has 4 nitrogen and oxygen atoms in total. The van der Waals surface area contributed by atoms with Gasteiger partial charge in [0.05, 0.1) is 0 Å². The highest BCUT2D eigenvalue weighted by Gasteiger charge is 2.08. The molecule has 96 valence electrons. The van der Waals surface area contributed by atoms with Gasteiger partial charge in [-0.3, -0.25) is 4.79 Å². The first kappa shape index (κ1) is 14.0. The van der Waals surface area contributed by atoms with E-state index in [0.29, 0.717) is 5.92 Å². The van der Waals surface area contributed by atoms with Crippen LogP contribution in [0.15, 0.2) is 36.4 Å². The lowest BCUT2D eigenvalue weighted by Crippen LogP contribution is -2.24. The summed E-state index contributed by atoms with van der Waals surface area (Å²) >= 11 is 0. The molecule has 0 heterocycles. The maximum Gasteiger partial charge on any atom is 0.328 e. The van der Waals surface area contributed by atoms with Crippen LogP contribution >= 0.6 is 0 Å². The maximum absolute atomic E-state index is 11.6. The molecule has 1 N–H and O–H groups in total. The summed E-state index contributed by atoms with van der Waals surface area (Å²) in [5, 5.41) is 8.45.